The van der Waals surface area contributed by atoms with Crippen LogP contribution < -0.4 is 15.8 Å². The average Bonchev–Trinajstić information content (AvgIpc) is 2.71. The number of aryl methyl sites for hydroxylation is 1. The first-order chi connectivity index (χ1) is 13.6. The Morgan fingerprint density at radius 2 is 1.72 bits per heavy atom. The van der Waals surface area contributed by atoms with Gasteiger partial charge in [0.1, 0.15) is 0 Å². The van der Waals surface area contributed by atoms with E-state index in [0.29, 0.717) is 16.9 Å². The van der Waals surface area contributed by atoms with Gasteiger partial charge in [0.25, 0.3) is 5.56 Å². The van der Waals surface area contributed by atoms with E-state index in [4.69, 9.17) is 0 Å². The van der Waals surface area contributed by atoms with Crippen molar-refractivity contribution in [2.45, 2.75) is 12.6 Å². The second kappa shape index (κ2) is 7.62. The molecule has 3 rings (SSSR count). The van der Waals surface area contributed by atoms with Crippen LogP contribution in [-0.4, -0.2) is 24.6 Å². The lowest BCUT2D eigenvalue weighted by Gasteiger charge is -2.20. The predicted molar refractivity (Wildman–Crippen MR) is 107 cm³/mol. The standard InChI is InChI=1S/C21H20F3N3O2/c1-25-19-15-6-4-5-7-17(15)27(3)20(29)16(19)12-18(28)26(2)14-10-8-13(9-11-14)21(22,23)24/h4-11,25H,12H2,1-3H3. The Hall–Kier alpha value is -3.29. The summed E-state index contributed by atoms with van der Waals surface area (Å²) in [5.41, 5.74) is 0.821. The number of aromatic nitrogens is 1. The molecule has 1 heterocycles. The zero-order chi connectivity index (χ0) is 21.3. The van der Waals surface area contributed by atoms with Crippen molar-refractivity contribution in [2.75, 3.05) is 24.3 Å². The van der Waals surface area contributed by atoms with Crippen molar-refractivity contribution in [3.05, 3.63) is 70.0 Å². The Morgan fingerprint density at radius 1 is 1.10 bits per heavy atom. The number of carbonyl (C=O) groups excluding carboxylic acids is 1. The molecular formula is C21H20F3N3O2. The molecule has 0 saturated carbocycles. The van der Waals surface area contributed by atoms with Crippen LogP contribution in [0, 0.1) is 0 Å². The number of anilines is 2. The molecule has 0 bridgehead atoms. The SMILES string of the molecule is CNc1c(CC(=O)N(C)c2ccc(C(F)(F)F)cc2)c(=O)n(C)c2ccccc12. The molecule has 152 valence electrons. The number of para-hydroxylation sites is 1. The lowest BCUT2D eigenvalue weighted by Crippen LogP contribution is -2.32. The minimum atomic E-state index is -4.44. The predicted octanol–water partition coefficient (Wildman–Crippen LogP) is 3.80. The Bertz CT molecular complexity index is 1120. The summed E-state index contributed by atoms with van der Waals surface area (Å²) in [5, 5.41) is 3.81. The van der Waals surface area contributed by atoms with Crippen LogP contribution in [0.4, 0.5) is 24.5 Å². The second-order valence-electron chi connectivity index (χ2n) is 6.66. The fourth-order valence-electron chi connectivity index (χ4n) is 3.30. The molecule has 0 atom stereocenters. The van der Waals surface area contributed by atoms with E-state index < -0.39 is 17.6 Å². The van der Waals surface area contributed by atoms with Crippen LogP contribution in [0.5, 0.6) is 0 Å². The molecule has 1 N–H and O–H groups in total. The Kier molecular flexibility index (Phi) is 5.37. The monoisotopic (exact) mass is 403 g/mol. The number of nitrogens with zero attached hydrogens (tertiary/aromatic N) is 2. The molecule has 8 heteroatoms. The third kappa shape index (κ3) is 3.83. The number of hydrogen-bond donors (Lipinski definition) is 1. The van der Waals surface area contributed by atoms with E-state index in [0.717, 1.165) is 23.0 Å². The number of carbonyl (C=O) groups is 1. The molecule has 2 aromatic carbocycles. The molecule has 0 aliphatic carbocycles. The normalized spacial score (nSPS) is 11.5. The van der Waals surface area contributed by atoms with Gasteiger partial charge in [0.2, 0.25) is 5.91 Å². The summed E-state index contributed by atoms with van der Waals surface area (Å²) in [5.74, 6) is -0.409. The van der Waals surface area contributed by atoms with Crippen LogP contribution >= 0.6 is 0 Å². The zero-order valence-electron chi connectivity index (χ0n) is 16.2. The van der Waals surface area contributed by atoms with E-state index in [1.165, 1.54) is 28.6 Å². The van der Waals surface area contributed by atoms with Gasteiger partial charge in [-0.3, -0.25) is 9.59 Å². The molecule has 0 spiro atoms. The number of alkyl halides is 3. The highest BCUT2D eigenvalue weighted by atomic mass is 19.4. The third-order valence-electron chi connectivity index (χ3n) is 4.93. The number of hydrogen-bond acceptors (Lipinski definition) is 3. The first-order valence-corrected chi connectivity index (χ1v) is 8.87. The molecule has 29 heavy (non-hydrogen) atoms. The summed E-state index contributed by atoms with van der Waals surface area (Å²) in [4.78, 5) is 26.9. The number of halogens is 3. The van der Waals surface area contributed by atoms with Crippen LogP contribution in [0.25, 0.3) is 10.9 Å². The van der Waals surface area contributed by atoms with Gasteiger partial charge in [0, 0.05) is 32.2 Å². The van der Waals surface area contributed by atoms with Gasteiger partial charge >= 0.3 is 6.18 Å². The van der Waals surface area contributed by atoms with Gasteiger partial charge in [-0.25, -0.2) is 0 Å². The molecule has 0 aliphatic heterocycles. The maximum atomic E-state index is 12.8. The molecule has 3 aromatic rings. The highest BCUT2D eigenvalue weighted by molar-refractivity contribution is 5.98. The molecule has 0 aliphatic rings. The smallest absolute Gasteiger partial charge is 0.387 e. The van der Waals surface area contributed by atoms with Gasteiger partial charge < -0.3 is 14.8 Å². The van der Waals surface area contributed by atoms with E-state index >= 15 is 0 Å². The minimum absolute atomic E-state index is 0.189. The Balaban J connectivity index is 1.95. The van der Waals surface area contributed by atoms with E-state index in [1.807, 2.05) is 24.3 Å². The fraction of sp³-hybridized carbons (Fsp3) is 0.238. The van der Waals surface area contributed by atoms with Crippen molar-refractivity contribution in [2.24, 2.45) is 7.05 Å². The van der Waals surface area contributed by atoms with Gasteiger partial charge in [0.05, 0.1) is 28.8 Å². The van der Waals surface area contributed by atoms with Crippen molar-refractivity contribution in [3.8, 4) is 0 Å². The quantitative estimate of drug-likeness (QED) is 0.721. The molecule has 0 radical (unpaired) electrons. The van der Waals surface area contributed by atoms with Gasteiger partial charge in [-0.15, -0.1) is 0 Å². The average molecular weight is 403 g/mol. The number of amides is 1. The summed E-state index contributed by atoms with van der Waals surface area (Å²) in [6, 6.07) is 11.7. The highest BCUT2D eigenvalue weighted by Gasteiger charge is 2.30. The number of fused-ring (bicyclic) bond motifs is 1. The van der Waals surface area contributed by atoms with E-state index in [1.54, 1.807) is 14.1 Å². The number of nitrogens with one attached hydrogen (secondary N) is 1. The maximum absolute atomic E-state index is 12.8. The summed E-state index contributed by atoms with van der Waals surface area (Å²) >= 11 is 0. The third-order valence-corrected chi connectivity index (χ3v) is 4.93. The Labute approximate surface area is 165 Å². The van der Waals surface area contributed by atoms with Crippen molar-refractivity contribution in [3.63, 3.8) is 0 Å². The molecule has 5 nitrogen and oxygen atoms in total. The molecule has 0 fully saturated rings. The lowest BCUT2D eigenvalue weighted by atomic mass is 10.0. The van der Waals surface area contributed by atoms with Gasteiger partial charge in [0.15, 0.2) is 0 Å². The molecule has 0 saturated heterocycles. The summed E-state index contributed by atoms with van der Waals surface area (Å²) < 4.78 is 39.7. The van der Waals surface area contributed by atoms with E-state index in [9.17, 15) is 22.8 Å². The van der Waals surface area contributed by atoms with E-state index in [2.05, 4.69) is 5.32 Å². The first-order valence-electron chi connectivity index (χ1n) is 8.87. The Morgan fingerprint density at radius 3 is 2.31 bits per heavy atom. The first kappa shape index (κ1) is 20.4. The minimum Gasteiger partial charge on any atom is -0.387 e. The molecular weight excluding hydrogens is 383 g/mol. The van der Waals surface area contributed by atoms with Crippen molar-refractivity contribution in [1.29, 1.82) is 0 Å². The van der Waals surface area contributed by atoms with E-state index in [-0.39, 0.29) is 12.0 Å². The van der Waals surface area contributed by atoms with Gasteiger partial charge in [-0.05, 0) is 30.3 Å². The fourth-order valence-corrected chi connectivity index (χ4v) is 3.30. The topological polar surface area (TPSA) is 54.3 Å². The number of likely N-dealkylation sites (N-methyl/N-ethyl adjacent to an activating group) is 1. The van der Waals surface area contributed by atoms with Crippen LogP contribution in [0.3, 0.4) is 0 Å². The van der Waals surface area contributed by atoms with Crippen molar-refractivity contribution < 1.29 is 18.0 Å². The summed E-state index contributed by atoms with van der Waals surface area (Å²) in [6.07, 6.45) is -4.63. The van der Waals surface area contributed by atoms with Crippen LogP contribution in [0.15, 0.2) is 53.3 Å². The largest absolute Gasteiger partial charge is 0.416 e. The number of benzene rings is 2. The van der Waals surface area contributed by atoms with Crippen LogP contribution in [-0.2, 0) is 24.4 Å². The van der Waals surface area contributed by atoms with Crippen LogP contribution in [0.2, 0.25) is 0 Å². The summed E-state index contributed by atoms with van der Waals surface area (Å²) in [7, 11) is 4.78. The lowest BCUT2D eigenvalue weighted by molar-refractivity contribution is -0.137. The maximum Gasteiger partial charge on any atom is 0.416 e. The van der Waals surface area contributed by atoms with Crippen molar-refractivity contribution >= 4 is 28.2 Å². The molecule has 1 aromatic heterocycles. The summed E-state index contributed by atoms with van der Waals surface area (Å²) in [6.45, 7) is 0. The number of rotatable bonds is 4. The molecule has 0 unspecified atom stereocenters. The van der Waals surface area contributed by atoms with Gasteiger partial charge in [-0.2, -0.15) is 13.2 Å². The number of pyridine rings is 1. The highest BCUT2D eigenvalue weighted by Crippen LogP contribution is 2.30. The van der Waals surface area contributed by atoms with Crippen LogP contribution in [0.1, 0.15) is 11.1 Å². The van der Waals surface area contributed by atoms with Crippen molar-refractivity contribution in [1.82, 2.24) is 4.57 Å². The second-order valence-corrected chi connectivity index (χ2v) is 6.66. The molecule has 1 amide bonds. The van der Waals surface area contributed by atoms with Gasteiger partial charge in [-0.1, -0.05) is 18.2 Å². The zero-order valence-corrected chi connectivity index (χ0v) is 16.2.